The molecule has 0 spiro atoms. The first-order valence-corrected chi connectivity index (χ1v) is 11.4. The average Bonchev–Trinajstić information content (AvgIpc) is 2.90. The van der Waals surface area contributed by atoms with Crippen LogP contribution in [0.2, 0.25) is 10.0 Å². The lowest BCUT2D eigenvalue weighted by molar-refractivity contribution is 0.0734. The van der Waals surface area contributed by atoms with Crippen LogP contribution in [-0.2, 0) is 0 Å². The van der Waals surface area contributed by atoms with E-state index in [9.17, 15) is 9.59 Å². The fourth-order valence-corrected chi connectivity index (χ4v) is 3.78. The number of hydrogen-bond acceptors (Lipinski definition) is 6. The van der Waals surface area contributed by atoms with Gasteiger partial charge >= 0.3 is 5.97 Å². The van der Waals surface area contributed by atoms with Gasteiger partial charge in [0.25, 0.3) is 5.91 Å². The van der Waals surface area contributed by atoms with E-state index >= 15 is 0 Å². The van der Waals surface area contributed by atoms with Crippen molar-refractivity contribution in [3.63, 3.8) is 0 Å². The molecule has 1 amide bonds. The number of rotatable bonds is 7. The highest BCUT2D eigenvalue weighted by Gasteiger charge is 2.16. The molecule has 0 heterocycles. The maximum Gasteiger partial charge on any atom is 0.343 e. The standard InChI is InChI=1S/C27H20Cl2N2O5/c1-34-24-12-9-18(14-25(24)35-2)27(33)36-23-11-8-16-5-3-4-6-19(16)20(23)15-30-31-26(32)17-7-10-21(28)22(29)13-17/h3-15H,1-2H3,(H,31,32)/b30-15+. The van der Waals surface area contributed by atoms with Crippen LogP contribution in [-0.4, -0.2) is 32.3 Å². The van der Waals surface area contributed by atoms with Gasteiger partial charge in [0.2, 0.25) is 0 Å². The number of carbonyl (C=O) groups excluding carboxylic acids is 2. The topological polar surface area (TPSA) is 86.2 Å². The number of nitrogens with zero attached hydrogens (tertiary/aromatic N) is 1. The van der Waals surface area contributed by atoms with Crippen LogP contribution < -0.4 is 19.6 Å². The minimum absolute atomic E-state index is 0.256. The molecule has 7 nitrogen and oxygen atoms in total. The number of hydrogen-bond donors (Lipinski definition) is 1. The van der Waals surface area contributed by atoms with Crippen LogP contribution in [0.3, 0.4) is 0 Å². The minimum Gasteiger partial charge on any atom is -0.493 e. The number of carbonyl (C=O) groups is 2. The first-order chi connectivity index (χ1) is 17.4. The summed E-state index contributed by atoms with van der Waals surface area (Å²) in [6, 6.07) is 20.3. The normalized spacial score (nSPS) is 10.9. The van der Waals surface area contributed by atoms with E-state index in [0.29, 0.717) is 27.6 Å². The maximum atomic E-state index is 12.9. The van der Waals surface area contributed by atoms with E-state index in [4.69, 9.17) is 37.4 Å². The van der Waals surface area contributed by atoms with Crippen molar-refractivity contribution in [2.24, 2.45) is 5.10 Å². The van der Waals surface area contributed by atoms with Crippen LogP contribution in [0, 0.1) is 0 Å². The van der Waals surface area contributed by atoms with E-state index < -0.39 is 11.9 Å². The predicted molar refractivity (Wildman–Crippen MR) is 140 cm³/mol. The summed E-state index contributed by atoms with van der Waals surface area (Å²) in [6.45, 7) is 0. The summed E-state index contributed by atoms with van der Waals surface area (Å²) < 4.78 is 16.2. The van der Waals surface area contributed by atoms with Crippen LogP contribution in [0.25, 0.3) is 10.8 Å². The summed E-state index contributed by atoms with van der Waals surface area (Å²) in [7, 11) is 2.99. The molecular formula is C27H20Cl2N2O5. The molecule has 1 N–H and O–H groups in total. The van der Waals surface area contributed by atoms with Crippen molar-refractivity contribution in [2.45, 2.75) is 0 Å². The van der Waals surface area contributed by atoms with E-state index in [2.05, 4.69) is 10.5 Å². The zero-order valence-electron chi connectivity index (χ0n) is 19.2. The average molecular weight is 523 g/mol. The van der Waals surface area contributed by atoms with Crippen LogP contribution >= 0.6 is 23.2 Å². The number of esters is 1. The summed E-state index contributed by atoms with van der Waals surface area (Å²) in [5.74, 6) is 0.0817. The van der Waals surface area contributed by atoms with Gasteiger partial charge in [0.1, 0.15) is 5.75 Å². The number of ether oxygens (including phenoxy) is 3. The van der Waals surface area contributed by atoms with Gasteiger partial charge in [-0.15, -0.1) is 0 Å². The Morgan fingerprint density at radius 3 is 2.28 bits per heavy atom. The van der Waals surface area contributed by atoms with Gasteiger partial charge in [0.05, 0.1) is 36.0 Å². The molecule has 36 heavy (non-hydrogen) atoms. The van der Waals surface area contributed by atoms with Gasteiger partial charge in [-0.05, 0) is 53.2 Å². The Morgan fingerprint density at radius 1 is 0.806 bits per heavy atom. The third-order valence-corrected chi connectivity index (χ3v) is 6.03. The molecule has 0 aliphatic rings. The molecule has 0 aromatic heterocycles. The molecule has 0 bridgehead atoms. The van der Waals surface area contributed by atoms with E-state index in [0.717, 1.165) is 10.8 Å². The van der Waals surface area contributed by atoms with Gasteiger partial charge in [-0.1, -0.05) is 53.5 Å². The second kappa shape index (κ2) is 11.1. The van der Waals surface area contributed by atoms with Crippen molar-refractivity contribution in [3.8, 4) is 17.2 Å². The van der Waals surface area contributed by atoms with Gasteiger partial charge in [0.15, 0.2) is 11.5 Å². The third kappa shape index (κ3) is 5.43. The highest BCUT2D eigenvalue weighted by atomic mass is 35.5. The summed E-state index contributed by atoms with van der Waals surface area (Å²) in [5.41, 5.74) is 3.53. The Kier molecular flexibility index (Phi) is 7.73. The summed E-state index contributed by atoms with van der Waals surface area (Å²) >= 11 is 11.9. The number of hydrazone groups is 1. The second-order valence-corrected chi connectivity index (χ2v) is 8.30. The zero-order chi connectivity index (χ0) is 25.7. The summed E-state index contributed by atoms with van der Waals surface area (Å²) in [4.78, 5) is 25.4. The Morgan fingerprint density at radius 2 is 1.53 bits per heavy atom. The zero-order valence-corrected chi connectivity index (χ0v) is 20.8. The van der Waals surface area contributed by atoms with E-state index in [1.165, 1.54) is 44.7 Å². The summed E-state index contributed by atoms with van der Waals surface area (Å²) in [5, 5.41) is 6.36. The van der Waals surface area contributed by atoms with E-state index in [1.54, 1.807) is 18.2 Å². The van der Waals surface area contributed by atoms with Gasteiger partial charge in [-0.3, -0.25) is 4.79 Å². The molecule has 0 aliphatic carbocycles. The molecule has 0 fully saturated rings. The number of halogens is 2. The Bertz CT molecular complexity index is 1490. The van der Waals surface area contributed by atoms with Crippen LogP contribution in [0.15, 0.2) is 77.9 Å². The number of fused-ring (bicyclic) bond motifs is 1. The SMILES string of the molecule is COc1ccc(C(=O)Oc2ccc3ccccc3c2/C=N/NC(=O)c2ccc(Cl)c(Cl)c2)cc1OC. The molecule has 4 rings (SSSR count). The molecule has 0 aliphatic heterocycles. The first kappa shape index (κ1) is 25.0. The fourth-order valence-electron chi connectivity index (χ4n) is 3.48. The molecule has 0 saturated carbocycles. The van der Waals surface area contributed by atoms with Crippen LogP contribution in [0.4, 0.5) is 0 Å². The molecule has 4 aromatic rings. The second-order valence-electron chi connectivity index (χ2n) is 7.49. The third-order valence-electron chi connectivity index (χ3n) is 5.29. The van der Waals surface area contributed by atoms with Gasteiger partial charge in [-0.25, -0.2) is 10.2 Å². The number of nitrogens with one attached hydrogen (secondary N) is 1. The quantitative estimate of drug-likeness (QED) is 0.136. The summed E-state index contributed by atoms with van der Waals surface area (Å²) in [6.07, 6.45) is 1.43. The number of benzene rings is 4. The molecular weight excluding hydrogens is 503 g/mol. The highest BCUT2D eigenvalue weighted by Crippen LogP contribution is 2.30. The smallest absolute Gasteiger partial charge is 0.343 e. The highest BCUT2D eigenvalue weighted by molar-refractivity contribution is 6.42. The van der Waals surface area contributed by atoms with Crippen molar-refractivity contribution in [1.82, 2.24) is 5.43 Å². The van der Waals surface area contributed by atoms with Crippen molar-refractivity contribution in [1.29, 1.82) is 0 Å². The van der Waals surface area contributed by atoms with Crippen molar-refractivity contribution < 1.29 is 23.8 Å². The first-order valence-electron chi connectivity index (χ1n) is 10.7. The van der Waals surface area contributed by atoms with Crippen LogP contribution in [0.5, 0.6) is 17.2 Å². The van der Waals surface area contributed by atoms with Gasteiger partial charge in [-0.2, -0.15) is 5.10 Å². The number of methoxy groups -OCH3 is 2. The van der Waals surface area contributed by atoms with Crippen LogP contribution in [0.1, 0.15) is 26.3 Å². The van der Waals surface area contributed by atoms with E-state index in [1.807, 2.05) is 30.3 Å². The molecule has 0 unspecified atom stereocenters. The van der Waals surface area contributed by atoms with Gasteiger partial charge in [0, 0.05) is 11.1 Å². The minimum atomic E-state index is -0.597. The fraction of sp³-hybridized carbons (Fsp3) is 0.0741. The van der Waals surface area contributed by atoms with Gasteiger partial charge < -0.3 is 14.2 Å². The molecule has 182 valence electrons. The van der Waals surface area contributed by atoms with Crippen molar-refractivity contribution in [3.05, 3.63) is 99.5 Å². The van der Waals surface area contributed by atoms with E-state index in [-0.39, 0.29) is 16.3 Å². The molecule has 9 heteroatoms. The molecule has 0 radical (unpaired) electrons. The lowest BCUT2D eigenvalue weighted by Gasteiger charge is -2.12. The lowest BCUT2D eigenvalue weighted by Crippen LogP contribution is -2.17. The monoisotopic (exact) mass is 522 g/mol. The maximum absolute atomic E-state index is 12.9. The Hall–Kier alpha value is -4.07. The van der Waals surface area contributed by atoms with Crippen molar-refractivity contribution in [2.75, 3.05) is 14.2 Å². The molecule has 0 saturated heterocycles. The molecule has 4 aromatic carbocycles. The predicted octanol–water partition coefficient (Wildman–Crippen LogP) is 6.15. The molecule has 0 atom stereocenters. The van der Waals surface area contributed by atoms with Crippen molar-refractivity contribution >= 4 is 52.1 Å². The lowest BCUT2D eigenvalue weighted by atomic mass is 10.0. The Balaban J connectivity index is 1.62. The number of amides is 1. The largest absolute Gasteiger partial charge is 0.493 e. The Labute approximate surface area is 217 Å².